The first-order valence-corrected chi connectivity index (χ1v) is 7.02. The third-order valence-corrected chi connectivity index (χ3v) is 3.65. The summed E-state index contributed by atoms with van der Waals surface area (Å²) < 4.78 is 13.8. The van der Waals surface area contributed by atoms with Crippen molar-refractivity contribution >= 4 is 5.91 Å². The van der Waals surface area contributed by atoms with Gasteiger partial charge in [0, 0.05) is 24.7 Å². The van der Waals surface area contributed by atoms with Gasteiger partial charge in [-0.1, -0.05) is 0 Å². The van der Waals surface area contributed by atoms with Crippen LogP contribution in [-0.4, -0.2) is 41.1 Å². The molecule has 0 saturated carbocycles. The van der Waals surface area contributed by atoms with Gasteiger partial charge < -0.3 is 15.3 Å². The summed E-state index contributed by atoms with van der Waals surface area (Å²) in [6, 6.07) is 3.92. The summed E-state index contributed by atoms with van der Waals surface area (Å²) in [5.41, 5.74) is 0.00879. The molecule has 1 fully saturated rings. The number of amides is 1. The average molecular weight is 280 g/mol. The molecule has 0 aromatic heterocycles. The lowest BCUT2D eigenvalue weighted by Crippen LogP contribution is -2.45. The molecule has 2 rings (SSSR count). The molecule has 1 aliphatic heterocycles. The van der Waals surface area contributed by atoms with Crippen molar-refractivity contribution in [2.45, 2.75) is 38.8 Å². The second-order valence-corrected chi connectivity index (χ2v) is 5.51. The van der Waals surface area contributed by atoms with Crippen molar-refractivity contribution in [2.24, 2.45) is 0 Å². The van der Waals surface area contributed by atoms with Crippen LogP contribution >= 0.6 is 0 Å². The normalized spacial score (nSPS) is 18.5. The number of hydrogen-bond donors (Lipinski definition) is 2. The molecule has 1 aromatic rings. The molecule has 2 N–H and O–H groups in total. The van der Waals surface area contributed by atoms with Crippen LogP contribution in [0.2, 0.25) is 0 Å². The van der Waals surface area contributed by atoms with Crippen LogP contribution in [0.5, 0.6) is 5.75 Å². The van der Waals surface area contributed by atoms with Crippen LogP contribution in [-0.2, 0) is 0 Å². The van der Waals surface area contributed by atoms with E-state index >= 15 is 0 Å². The van der Waals surface area contributed by atoms with Crippen LogP contribution < -0.4 is 5.32 Å². The van der Waals surface area contributed by atoms with E-state index in [1.54, 1.807) is 4.90 Å². The van der Waals surface area contributed by atoms with Gasteiger partial charge in [-0.25, -0.2) is 4.39 Å². The van der Waals surface area contributed by atoms with Gasteiger partial charge in [0.05, 0.1) is 5.56 Å². The highest BCUT2D eigenvalue weighted by molar-refractivity contribution is 5.94. The predicted octanol–water partition coefficient (Wildman–Crippen LogP) is 2.13. The Bertz CT molecular complexity index is 485. The zero-order valence-corrected chi connectivity index (χ0v) is 11.9. The van der Waals surface area contributed by atoms with Crippen molar-refractivity contribution in [3.05, 3.63) is 29.6 Å². The summed E-state index contributed by atoms with van der Waals surface area (Å²) in [5.74, 6) is -1.18. The maximum atomic E-state index is 13.8. The highest BCUT2D eigenvalue weighted by Gasteiger charge is 2.26. The summed E-state index contributed by atoms with van der Waals surface area (Å²) in [5, 5.41) is 12.6. The Hall–Kier alpha value is -1.62. The number of nitrogens with zero attached hydrogens (tertiary/aromatic N) is 1. The van der Waals surface area contributed by atoms with E-state index in [1.165, 1.54) is 12.1 Å². The highest BCUT2D eigenvalue weighted by Crippen LogP contribution is 2.19. The van der Waals surface area contributed by atoms with Crippen LogP contribution in [0.15, 0.2) is 18.2 Å². The Kier molecular flexibility index (Phi) is 4.60. The van der Waals surface area contributed by atoms with E-state index in [1.807, 2.05) is 13.8 Å². The zero-order chi connectivity index (χ0) is 14.7. The standard InChI is InChI=1S/C15H21FN2O2/c1-10(2)18(9-11-4-3-7-17-11)15(20)13-6-5-12(19)8-14(13)16/h5-6,8,10-11,17,19H,3-4,7,9H2,1-2H3. The monoisotopic (exact) mass is 280 g/mol. The summed E-state index contributed by atoms with van der Waals surface area (Å²) in [6.45, 7) is 5.39. The maximum Gasteiger partial charge on any atom is 0.257 e. The fourth-order valence-electron chi connectivity index (χ4n) is 2.51. The van der Waals surface area contributed by atoms with Crippen molar-refractivity contribution in [1.29, 1.82) is 0 Å². The maximum absolute atomic E-state index is 13.8. The van der Waals surface area contributed by atoms with E-state index in [-0.39, 0.29) is 29.3 Å². The second kappa shape index (κ2) is 6.22. The fraction of sp³-hybridized carbons (Fsp3) is 0.533. The second-order valence-electron chi connectivity index (χ2n) is 5.51. The largest absolute Gasteiger partial charge is 0.508 e. The molecule has 1 atom stereocenters. The Morgan fingerprint density at radius 3 is 2.85 bits per heavy atom. The van der Waals surface area contributed by atoms with Crippen molar-refractivity contribution in [3.8, 4) is 5.75 Å². The first kappa shape index (κ1) is 14.8. The molecule has 1 unspecified atom stereocenters. The number of nitrogens with one attached hydrogen (secondary N) is 1. The number of benzene rings is 1. The van der Waals surface area contributed by atoms with Gasteiger partial charge >= 0.3 is 0 Å². The molecule has 1 saturated heterocycles. The molecule has 1 heterocycles. The van der Waals surface area contributed by atoms with E-state index in [4.69, 9.17) is 0 Å². The lowest BCUT2D eigenvalue weighted by atomic mass is 10.1. The van der Waals surface area contributed by atoms with Crippen molar-refractivity contribution in [2.75, 3.05) is 13.1 Å². The van der Waals surface area contributed by atoms with E-state index in [0.717, 1.165) is 25.5 Å². The number of phenolic OH excluding ortho intramolecular Hbond substituents is 1. The van der Waals surface area contributed by atoms with Gasteiger partial charge in [0.2, 0.25) is 0 Å². The molecule has 0 aliphatic carbocycles. The van der Waals surface area contributed by atoms with Gasteiger partial charge in [-0.15, -0.1) is 0 Å². The van der Waals surface area contributed by atoms with Crippen LogP contribution in [0.4, 0.5) is 4.39 Å². The molecule has 1 amide bonds. The number of rotatable bonds is 4. The van der Waals surface area contributed by atoms with Crippen molar-refractivity contribution in [3.63, 3.8) is 0 Å². The van der Waals surface area contributed by atoms with Gasteiger partial charge in [0.1, 0.15) is 11.6 Å². The first-order valence-electron chi connectivity index (χ1n) is 7.02. The Balaban J connectivity index is 2.17. The van der Waals surface area contributed by atoms with Crippen LogP contribution in [0.1, 0.15) is 37.0 Å². The topological polar surface area (TPSA) is 52.6 Å². The quantitative estimate of drug-likeness (QED) is 0.888. The minimum Gasteiger partial charge on any atom is -0.508 e. The molecule has 1 aromatic carbocycles. The van der Waals surface area contributed by atoms with E-state index in [9.17, 15) is 14.3 Å². The summed E-state index contributed by atoms with van der Waals surface area (Å²) >= 11 is 0. The number of hydrogen-bond acceptors (Lipinski definition) is 3. The molecule has 1 aliphatic rings. The Morgan fingerprint density at radius 1 is 1.55 bits per heavy atom. The van der Waals surface area contributed by atoms with Crippen molar-refractivity contribution < 1.29 is 14.3 Å². The molecule has 0 bridgehead atoms. The third kappa shape index (κ3) is 3.28. The van der Waals surface area contributed by atoms with Gasteiger partial charge in [0.25, 0.3) is 5.91 Å². The van der Waals surface area contributed by atoms with Gasteiger partial charge in [-0.3, -0.25) is 4.79 Å². The average Bonchev–Trinajstić information content (AvgIpc) is 2.87. The lowest BCUT2D eigenvalue weighted by molar-refractivity contribution is 0.0684. The van der Waals surface area contributed by atoms with Crippen LogP contribution in [0.3, 0.4) is 0 Å². The number of phenols is 1. The third-order valence-electron chi connectivity index (χ3n) is 3.65. The zero-order valence-electron chi connectivity index (χ0n) is 11.9. The minimum atomic E-state index is -0.681. The highest BCUT2D eigenvalue weighted by atomic mass is 19.1. The smallest absolute Gasteiger partial charge is 0.257 e. The summed E-state index contributed by atoms with van der Waals surface area (Å²) in [6.07, 6.45) is 2.15. The molecule has 110 valence electrons. The number of carbonyl (C=O) groups is 1. The number of halogens is 1. The van der Waals surface area contributed by atoms with Gasteiger partial charge in [-0.05, 0) is 45.4 Å². The molecule has 0 radical (unpaired) electrons. The predicted molar refractivity (Wildman–Crippen MR) is 75.3 cm³/mol. The molecule has 4 nitrogen and oxygen atoms in total. The SMILES string of the molecule is CC(C)N(CC1CCCN1)C(=O)c1ccc(O)cc1F. The lowest BCUT2D eigenvalue weighted by Gasteiger charge is -2.29. The first-order chi connectivity index (χ1) is 9.49. The molecule has 0 spiro atoms. The Labute approximate surface area is 118 Å². The summed E-state index contributed by atoms with van der Waals surface area (Å²) in [7, 11) is 0. The van der Waals surface area contributed by atoms with E-state index in [2.05, 4.69) is 5.32 Å². The molecular formula is C15H21FN2O2. The number of carbonyl (C=O) groups excluding carboxylic acids is 1. The Morgan fingerprint density at radius 2 is 2.30 bits per heavy atom. The van der Waals surface area contributed by atoms with E-state index in [0.29, 0.717) is 6.54 Å². The fourth-order valence-corrected chi connectivity index (χ4v) is 2.51. The minimum absolute atomic E-state index is 0.00176. The van der Waals surface area contributed by atoms with E-state index < -0.39 is 5.82 Å². The molecular weight excluding hydrogens is 259 g/mol. The van der Waals surface area contributed by atoms with Gasteiger partial charge in [-0.2, -0.15) is 0 Å². The number of aromatic hydroxyl groups is 1. The van der Waals surface area contributed by atoms with Crippen LogP contribution in [0.25, 0.3) is 0 Å². The molecule has 20 heavy (non-hydrogen) atoms. The van der Waals surface area contributed by atoms with Gasteiger partial charge in [0.15, 0.2) is 0 Å². The summed E-state index contributed by atoms with van der Waals surface area (Å²) in [4.78, 5) is 14.2. The van der Waals surface area contributed by atoms with Crippen LogP contribution in [0, 0.1) is 5.82 Å². The van der Waals surface area contributed by atoms with Crippen molar-refractivity contribution in [1.82, 2.24) is 10.2 Å². The molecule has 5 heteroatoms.